The Morgan fingerprint density at radius 1 is 1.41 bits per heavy atom. The van der Waals surface area contributed by atoms with Crippen LogP contribution in [0.5, 0.6) is 0 Å². The second-order valence-corrected chi connectivity index (χ2v) is 3.74. The maximum Gasteiger partial charge on any atom is 0.336 e. The van der Waals surface area contributed by atoms with E-state index in [9.17, 15) is 9.59 Å². The molecule has 4 heteroatoms. The lowest BCUT2D eigenvalue weighted by molar-refractivity contribution is -0.118. The summed E-state index contributed by atoms with van der Waals surface area (Å²) in [5.74, 6) is -1.07. The molecule has 0 aliphatic rings. The third-order valence-electron chi connectivity index (χ3n) is 2.20. The molecular formula is C13H15NO3. The molecule has 1 aromatic rings. The van der Waals surface area contributed by atoms with Crippen LogP contribution in [0.15, 0.2) is 24.3 Å². The van der Waals surface area contributed by atoms with Crippen LogP contribution >= 0.6 is 0 Å². The summed E-state index contributed by atoms with van der Waals surface area (Å²) in [6, 6.07) is 5.14. The molecule has 0 saturated heterocycles. The number of aryl methyl sites for hydroxylation is 1. The minimum atomic E-state index is -0.954. The normalized spacial score (nSPS) is 10.5. The van der Waals surface area contributed by atoms with E-state index in [1.165, 1.54) is 6.92 Å². The highest BCUT2D eigenvalue weighted by Crippen LogP contribution is 2.13. The number of rotatable bonds is 4. The van der Waals surface area contributed by atoms with Gasteiger partial charge in [-0.25, -0.2) is 4.79 Å². The van der Waals surface area contributed by atoms with E-state index in [-0.39, 0.29) is 11.5 Å². The van der Waals surface area contributed by atoms with Crippen molar-refractivity contribution in [3.05, 3.63) is 41.0 Å². The van der Waals surface area contributed by atoms with Crippen molar-refractivity contribution < 1.29 is 14.7 Å². The highest BCUT2D eigenvalue weighted by Gasteiger charge is 2.06. The predicted octanol–water partition coefficient (Wildman–Crippen LogP) is 1.84. The van der Waals surface area contributed by atoms with Gasteiger partial charge in [0, 0.05) is 13.5 Å². The molecule has 4 nitrogen and oxygen atoms in total. The van der Waals surface area contributed by atoms with Gasteiger partial charge in [-0.3, -0.25) is 4.79 Å². The van der Waals surface area contributed by atoms with E-state index in [1.54, 1.807) is 30.4 Å². The average molecular weight is 233 g/mol. The molecule has 0 aliphatic heterocycles. The summed E-state index contributed by atoms with van der Waals surface area (Å²) in [5, 5.41) is 11.6. The summed E-state index contributed by atoms with van der Waals surface area (Å²) in [6.45, 7) is 3.72. The molecule has 0 aliphatic carbocycles. The van der Waals surface area contributed by atoms with Crippen molar-refractivity contribution in [3.8, 4) is 0 Å². The van der Waals surface area contributed by atoms with Crippen molar-refractivity contribution in [2.75, 3.05) is 6.54 Å². The van der Waals surface area contributed by atoms with E-state index in [2.05, 4.69) is 5.32 Å². The number of hydrogen-bond donors (Lipinski definition) is 2. The lowest BCUT2D eigenvalue weighted by Gasteiger charge is -2.02. The smallest absolute Gasteiger partial charge is 0.336 e. The molecule has 90 valence electrons. The first-order valence-electron chi connectivity index (χ1n) is 5.25. The first-order valence-corrected chi connectivity index (χ1v) is 5.25. The Morgan fingerprint density at radius 3 is 2.71 bits per heavy atom. The number of carbonyl (C=O) groups excluding carboxylic acids is 1. The molecule has 0 unspecified atom stereocenters. The molecule has 0 spiro atoms. The first-order chi connectivity index (χ1) is 8.00. The Hall–Kier alpha value is -2.10. The Bertz CT molecular complexity index is 464. The number of nitrogens with one attached hydrogen (secondary N) is 1. The lowest BCUT2D eigenvalue weighted by atomic mass is 10.0. The third kappa shape index (κ3) is 4.10. The van der Waals surface area contributed by atoms with E-state index >= 15 is 0 Å². The van der Waals surface area contributed by atoms with Crippen LogP contribution in [0.2, 0.25) is 0 Å². The van der Waals surface area contributed by atoms with Gasteiger partial charge < -0.3 is 10.4 Å². The molecule has 0 aromatic heterocycles. The van der Waals surface area contributed by atoms with E-state index in [0.717, 1.165) is 5.56 Å². The standard InChI is InChI=1S/C13H15NO3/c1-9-5-6-12(13(16)17)11(8-9)4-3-7-14-10(2)15/h3-6,8H,7H2,1-2H3,(H,14,15)(H,16,17). The van der Waals surface area contributed by atoms with Gasteiger partial charge in [-0.2, -0.15) is 0 Å². The summed E-state index contributed by atoms with van der Waals surface area (Å²) in [4.78, 5) is 21.6. The second kappa shape index (κ2) is 5.84. The van der Waals surface area contributed by atoms with Crippen molar-refractivity contribution in [2.24, 2.45) is 0 Å². The number of aromatic carboxylic acids is 1. The lowest BCUT2D eigenvalue weighted by Crippen LogP contribution is -2.19. The summed E-state index contributed by atoms with van der Waals surface area (Å²) in [6.07, 6.45) is 3.43. The first kappa shape index (κ1) is 13.0. The summed E-state index contributed by atoms with van der Waals surface area (Å²) in [5.41, 5.74) is 1.90. The Balaban J connectivity index is 2.85. The molecule has 1 aromatic carbocycles. The summed E-state index contributed by atoms with van der Waals surface area (Å²) in [7, 11) is 0. The van der Waals surface area contributed by atoms with Crippen LogP contribution in [0.4, 0.5) is 0 Å². The van der Waals surface area contributed by atoms with Gasteiger partial charge in [0.25, 0.3) is 0 Å². The Kier molecular flexibility index (Phi) is 4.46. The minimum absolute atomic E-state index is 0.114. The molecule has 0 heterocycles. The van der Waals surface area contributed by atoms with Gasteiger partial charge in [-0.1, -0.05) is 29.8 Å². The SMILES string of the molecule is CC(=O)NCC=Cc1cc(C)ccc1C(=O)O. The number of hydrogen-bond acceptors (Lipinski definition) is 2. The third-order valence-corrected chi connectivity index (χ3v) is 2.20. The number of benzene rings is 1. The molecule has 17 heavy (non-hydrogen) atoms. The molecule has 1 rings (SSSR count). The monoisotopic (exact) mass is 233 g/mol. The maximum absolute atomic E-state index is 11.0. The van der Waals surface area contributed by atoms with Crippen molar-refractivity contribution >= 4 is 18.0 Å². The van der Waals surface area contributed by atoms with Crippen LogP contribution < -0.4 is 5.32 Å². The summed E-state index contributed by atoms with van der Waals surface area (Å²) >= 11 is 0. The zero-order valence-electron chi connectivity index (χ0n) is 9.86. The fourth-order valence-corrected chi connectivity index (χ4v) is 1.40. The van der Waals surface area contributed by atoms with E-state index in [1.807, 2.05) is 6.92 Å². The van der Waals surface area contributed by atoms with Crippen molar-refractivity contribution in [2.45, 2.75) is 13.8 Å². The average Bonchev–Trinajstić information content (AvgIpc) is 2.23. The molecule has 0 saturated carbocycles. The molecule has 2 N–H and O–H groups in total. The highest BCUT2D eigenvalue weighted by molar-refractivity contribution is 5.92. The number of carboxylic acids is 1. The summed E-state index contributed by atoms with van der Waals surface area (Å²) < 4.78 is 0. The largest absolute Gasteiger partial charge is 0.478 e. The van der Waals surface area contributed by atoms with Gasteiger partial charge in [0.2, 0.25) is 5.91 Å². The molecule has 0 atom stereocenters. The molecule has 0 fully saturated rings. The Morgan fingerprint density at radius 2 is 2.12 bits per heavy atom. The number of carboxylic acid groups (broad SMARTS) is 1. The minimum Gasteiger partial charge on any atom is -0.478 e. The maximum atomic E-state index is 11.0. The Labute approximate surface area is 100.0 Å². The fraction of sp³-hybridized carbons (Fsp3) is 0.231. The van der Waals surface area contributed by atoms with Crippen molar-refractivity contribution in [3.63, 3.8) is 0 Å². The molecule has 0 bridgehead atoms. The molecular weight excluding hydrogens is 218 g/mol. The van der Waals surface area contributed by atoms with Gasteiger partial charge in [-0.05, 0) is 18.6 Å². The van der Waals surface area contributed by atoms with Gasteiger partial charge in [0.05, 0.1) is 5.56 Å². The predicted molar refractivity (Wildman–Crippen MR) is 65.9 cm³/mol. The molecule has 1 amide bonds. The topological polar surface area (TPSA) is 66.4 Å². The van der Waals surface area contributed by atoms with Crippen LogP contribution in [-0.2, 0) is 4.79 Å². The van der Waals surface area contributed by atoms with Gasteiger partial charge in [0.15, 0.2) is 0 Å². The van der Waals surface area contributed by atoms with E-state index in [4.69, 9.17) is 5.11 Å². The zero-order chi connectivity index (χ0) is 12.8. The zero-order valence-corrected chi connectivity index (χ0v) is 9.86. The quantitative estimate of drug-likeness (QED) is 0.834. The van der Waals surface area contributed by atoms with Crippen LogP contribution in [0.1, 0.15) is 28.4 Å². The van der Waals surface area contributed by atoms with Gasteiger partial charge >= 0.3 is 5.97 Å². The highest BCUT2D eigenvalue weighted by atomic mass is 16.4. The van der Waals surface area contributed by atoms with Crippen molar-refractivity contribution in [1.29, 1.82) is 0 Å². The number of carbonyl (C=O) groups is 2. The van der Waals surface area contributed by atoms with E-state index < -0.39 is 5.97 Å². The van der Waals surface area contributed by atoms with Gasteiger partial charge in [-0.15, -0.1) is 0 Å². The van der Waals surface area contributed by atoms with Crippen molar-refractivity contribution in [1.82, 2.24) is 5.32 Å². The van der Waals surface area contributed by atoms with E-state index in [0.29, 0.717) is 12.1 Å². The van der Waals surface area contributed by atoms with Crippen LogP contribution in [0.3, 0.4) is 0 Å². The van der Waals surface area contributed by atoms with Crippen LogP contribution in [0, 0.1) is 6.92 Å². The molecule has 0 radical (unpaired) electrons. The van der Waals surface area contributed by atoms with Gasteiger partial charge in [0.1, 0.15) is 0 Å². The second-order valence-electron chi connectivity index (χ2n) is 3.74. The fourth-order valence-electron chi connectivity index (χ4n) is 1.40. The number of amides is 1. The van der Waals surface area contributed by atoms with Crippen LogP contribution in [0.25, 0.3) is 6.08 Å². The van der Waals surface area contributed by atoms with Crippen LogP contribution in [-0.4, -0.2) is 23.5 Å².